The van der Waals surface area contributed by atoms with E-state index in [1.165, 1.54) is 0 Å². The summed E-state index contributed by atoms with van der Waals surface area (Å²) in [6, 6.07) is 22.4. The number of carbonyl (C=O) groups excluding carboxylic acids is 1. The number of fused-ring (bicyclic) bond motifs is 1. The van der Waals surface area contributed by atoms with E-state index < -0.39 is 6.04 Å². The number of hydrogen-bond acceptors (Lipinski definition) is 3. The van der Waals surface area contributed by atoms with E-state index in [2.05, 4.69) is 0 Å². The first kappa shape index (κ1) is 22.5. The van der Waals surface area contributed by atoms with Gasteiger partial charge in [-0.2, -0.15) is 0 Å². The summed E-state index contributed by atoms with van der Waals surface area (Å²) in [5.74, 6) is 0.498. The van der Waals surface area contributed by atoms with Crippen molar-refractivity contribution in [3.05, 3.63) is 106 Å². The smallest absolute Gasteiger partial charge is 0.266 e. The SMILES string of the molecule is CCCN(C(=O)c1ccccc1C)C(C)c1nc2ccccc2c(=O)n1-c1ccc(C)cc1. The Balaban J connectivity index is 1.92. The van der Waals surface area contributed by atoms with Crippen LogP contribution in [-0.2, 0) is 0 Å². The minimum absolute atomic E-state index is 0.0553. The Morgan fingerprint density at radius 3 is 2.33 bits per heavy atom. The van der Waals surface area contributed by atoms with Crippen molar-refractivity contribution in [2.24, 2.45) is 0 Å². The number of aromatic nitrogens is 2. The summed E-state index contributed by atoms with van der Waals surface area (Å²) < 4.78 is 1.65. The van der Waals surface area contributed by atoms with Crippen molar-refractivity contribution in [3.63, 3.8) is 0 Å². The average molecular weight is 440 g/mol. The largest absolute Gasteiger partial charge is 0.329 e. The first-order valence-electron chi connectivity index (χ1n) is 11.4. The Hall–Kier alpha value is -3.73. The highest BCUT2D eigenvalue weighted by molar-refractivity contribution is 5.95. The predicted molar refractivity (Wildman–Crippen MR) is 133 cm³/mol. The van der Waals surface area contributed by atoms with Crippen LogP contribution in [0.3, 0.4) is 0 Å². The number of amides is 1. The van der Waals surface area contributed by atoms with Crippen molar-refractivity contribution in [2.75, 3.05) is 6.54 Å². The van der Waals surface area contributed by atoms with Crippen LogP contribution < -0.4 is 5.56 Å². The van der Waals surface area contributed by atoms with Crippen LogP contribution in [0, 0.1) is 13.8 Å². The van der Waals surface area contributed by atoms with Crippen LogP contribution in [0.2, 0.25) is 0 Å². The lowest BCUT2D eigenvalue weighted by Crippen LogP contribution is -2.38. The molecule has 0 saturated heterocycles. The van der Waals surface area contributed by atoms with Crippen molar-refractivity contribution >= 4 is 16.8 Å². The molecule has 4 rings (SSSR count). The molecule has 5 heteroatoms. The van der Waals surface area contributed by atoms with E-state index in [9.17, 15) is 9.59 Å². The Morgan fingerprint density at radius 2 is 1.64 bits per heavy atom. The van der Waals surface area contributed by atoms with Crippen LogP contribution in [0.1, 0.15) is 53.6 Å². The summed E-state index contributed by atoms with van der Waals surface area (Å²) in [5, 5.41) is 0.557. The monoisotopic (exact) mass is 439 g/mol. The topological polar surface area (TPSA) is 55.2 Å². The molecule has 0 saturated carbocycles. The van der Waals surface area contributed by atoms with Gasteiger partial charge in [-0.1, -0.05) is 55.0 Å². The van der Waals surface area contributed by atoms with Gasteiger partial charge in [-0.25, -0.2) is 4.98 Å². The van der Waals surface area contributed by atoms with Gasteiger partial charge in [0.1, 0.15) is 5.82 Å². The second kappa shape index (κ2) is 9.41. The summed E-state index contributed by atoms with van der Waals surface area (Å²) in [4.78, 5) is 34.0. The molecule has 1 aromatic heterocycles. The number of para-hydroxylation sites is 1. The van der Waals surface area contributed by atoms with E-state index >= 15 is 0 Å². The Labute approximate surface area is 194 Å². The molecule has 1 atom stereocenters. The third-order valence-electron chi connectivity index (χ3n) is 6.04. The zero-order chi connectivity index (χ0) is 23.5. The molecule has 0 spiro atoms. The first-order chi connectivity index (χ1) is 15.9. The highest BCUT2D eigenvalue weighted by Gasteiger charge is 2.27. The van der Waals surface area contributed by atoms with Gasteiger partial charge >= 0.3 is 0 Å². The molecule has 168 valence electrons. The number of carbonyl (C=O) groups is 1. The van der Waals surface area contributed by atoms with E-state index in [-0.39, 0.29) is 11.5 Å². The van der Waals surface area contributed by atoms with Gasteiger partial charge < -0.3 is 4.90 Å². The van der Waals surface area contributed by atoms with Gasteiger partial charge in [0.15, 0.2) is 0 Å². The van der Waals surface area contributed by atoms with Crippen molar-refractivity contribution in [1.82, 2.24) is 14.5 Å². The van der Waals surface area contributed by atoms with Gasteiger partial charge in [0, 0.05) is 12.1 Å². The van der Waals surface area contributed by atoms with Gasteiger partial charge in [-0.05, 0) is 63.1 Å². The molecule has 5 nitrogen and oxygen atoms in total. The second-order valence-electron chi connectivity index (χ2n) is 8.45. The van der Waals surface area contributed by atoms with Crippen molar-refractivity contribution < 1.29 is 4.79 Å². The van der Waals surface area contributed by atoms with Crippen molar-refractivity contribution in [3.8, 4) is 5.69 Å². The molecule has 0 aliphatic rings. The molecule has 1 unspecified atom stereocenters. The molecule has 0 N–H and O–H groups in total. The van der Waals surface area contributed by atoms with E-state index in [1.807, 2.05) is 99.3 Å². The van der Waals surface area contributed by atoms with Gasteiger partial charge in [0.25, 0.3) is 11.5 Å². The number of benzene rings is 3. The lowest BCUT2D eigenvalue weighted by atomic mass is 10.1. The fourth-order valence-corrected chi connectivity index (χ4v) is 4.19. The van der Waals surface area contributed by atoms with Crippen LogP contribution in [0.4, 0.5) is 0 Å². The Bertz CT molecular complexity index is 1360. The molecule has 33 heavy (non-hydrogen) atoms. The van der Waals surface area contributed by atoms with E-state index in [1.54, 1.807) is 10.6 Å². The lowest BCUT2D eigenvalue weighted by molar-refractivity contribution is 0.0680. The van der Waals surface area contributed by atoms with Crippen LogP contribution in [0.25, 0.3) is 16.6 Å². The maximum absolute atomic E-state index is 13.6. The summed E-state index contributed by atoms with van der Waals surface area (Å²) in [6.45, 7) is 8.51. The van der Waals surface area contributed by atoms with E-state index in [0.717, 1.165) is 23.2 Å². The number of nitrogens with zero attached hydrogens (tertiary/aromatic N) is 3. The number of rotatable bonds is 6. The molecule has 0 radical (unpaired) electrons. The second-order valence-corrected chi connectivity index (χ2v) is 8.45. The highest BCUT2D eigenvalue weighted by atomic mass is 16.2. The molecule has 0 bridgehead atoms. The lowest BCUT2D eigenvalue weighted by Gasteiger charge is -2.31. The minimum atomic E-state index is -0.407. The Morgan fingerprint density at radius 1 is 0.970 bits per heavy atom. The third kappa shape index (κ3) is 4.31. The van der Waals surface area contributed by atoms with Crippen LogP contribution in [-0.4, -0.2) is 26.9 Å². The molecule has 0 aliphatic heterocycles. The average Bonchev–Trinajstić information content (AvgIpc) is 2.83. The zero-order valence-electron chi connectivity index (χ0n) is 19.6. The van der Waals surface area contributed by atoms with Crippen LogP contribution in [0.15, 0.2) is 77.6 Å². The van der Waals surface area contributed by atoms with Gasteiger partial charge in [-0.15, -0.1) is 0 Å². The molecular formula is C28H29N3O2. The van der Waals surface area contributed by atoms with Gasteiger partial charge in [0.2, 0.25) is 0 Å². The standard InChI is InChI=1S/C28H29N3O2/c1-5-18-30(27(32)23-11-7-6-10-20(23)3)21(4)26-29-25-13-9-8-12-24(25)28(33)31(26)22-16-14-19(2)15-17-22/h6-17,21H,5,18H2,1-4H3. The zero-order valence-corrected chi connectivity index (χ0v) is 19.6. The van der Waals surface area contributed by atoms with Crippen molar-refractivity contribution in [1.29, 1.82) is 0 Å². The van der Waals surface area contributed by atoms with Gasteiger partial charge in [-0.3, -0.25) is 14.2 Å². The fraction of sp³-hybridized carbons (Fsp3) is 0.250. The quantitative estimate of drug-likeness (QED) is 0.392. The summed E-state index contributed by atoms with van der Waals surface area (Å²) in [6.07, 6.45) is 0.796. The summed E-state index contributed by atoms with van der Waals surface area (Å²) in [5.41, 5.74) is 3.95. The molecule has 3 aromatic carbocycles. The Kier molecular flexibility index (Phi) is 6.40. The number of hydrogen-bond donors (Lipinski definition) is 0. The molecule has 0 aliphatic carbocycles. The summed E-state index contributed by atoms with van der Waals surface area (Å²) in [7, 11) is 0. The fourth-order valence-electron chi connectivity index (χ4n) is 4.19. The molecule has 1 amide bonds. The predicted octanol–water partition coefficient (Wildman–Crippen LogP) is 5.62. The van der Waals surface area contributed by atoms with Crippen LogP contribution in [0.5, 0.6) is 0 Å². The highest BCUT2D eigenvalue weighted by Crippen LogP contribution is 2.25. The number of aryl methyl sites for hydroxylation is 2. The van der Waals surface area contributed by atoms with Gasteiger partial charge in [0.05, 0.1) is 22.6 Å². The molecule has 1 heterocycles. The maximum atomic E-state index is 13.6. The third-order valence-corrected chi connectivity index (χ3v) is 6.04. The molecular weight excluding hydrogens is 410 g/mol. The van der Waals surface area contributed by atoms with E-state index in [4.69, 9.17) is 4.98 Å². The van der Waals surface area contributed by atoms with E-state index in [0.29, 0.717) is 28.8 Å². The van der Waals surface area contributed by atoms with Crippen LogP contribution >= 0.6 is 0 Å². The molecule has 0 fully saturated rings. The maximum Gasteiger partial charge on any atom is 0.266 e. The normalized spacial score (nSPS) is 12.0. The van der Waals surface area contributed by atoms with Crippen molar-refractivity contribution in [2.45, 2.75) is 40.2 Å². The minimum Gasteiger partial charge on any atom is -0.329 e. The first-order valence-corrected chi connectivity index (χ1v) is 11.4. The molecule has 4 aromatic rings. The summed E-state index contributed by atoms with van der Waals surface area (Å²) >= 11 is 0.